The van der Waals surface area contributed by atoms with Gasteiger partial charge in [0, 0.05) is 11.7 Å². The van der Waals surface area contributed by atoms with Crippen molar-refractivity contribution in [3.05, 3.63) is 35.9 Å². The second-order valence-corrected chi connectivity index (χ2v) is 5.81. The van der Waals surface area contributed by atoms with Crippen LogP contribution in [0.3, 0.4) is 0 Å². The molecule has 0 unspecified atom stereocenters. The van der Waals surface area contributed by atoms with Crippen molar-refractivity contribution in [3.63, 3.8) is 0 Å². The molecular weight excluding hydrogens is 248 g/mol. The van der Waals surface area contributed by atoms with Crippen molar-refractivity contribution >= 4 is 17.7 Å². The number of nitrogens with one attached hydrogen (secondary N) is 2. The van der Waals surface area contributed by atoms with E-state index in [2.05, 4.69) is 24.5 Å². The summed E-state index contributed by atoms with van der Waals surface area (Å²) in [5.41, 5.74) is 1.64. The first-order valence-electron chi connectivity index (χ1n) is 7.38. The second-order valence-electron chi connectivity index (χ2n) is 5.81. The van der Waals surface area contributed by atoms with Crippen molar-refractivity contribution in [1.82, 2.24) is 5.32 Å². The van der Waals surface area contributed by atoms with Crippen LogP contribution in [-0.2, 0) is 4.79 Å². The molecule has 2 N–H and O–H groups in total. The number of carbonyl (C=O) groups excluding carboxylic acids is 1. The van der Waals surface area contributed by atoms with Gasteiger partial charge in [-0.25, -0.2) is 0 Å². The molecule has 0 saturated heterocycles. The average Bonchev–Trinajstić information content (AvgIpc) is 2.36. The molecular formula is C17H24N2O. The summed E-state index contributed by atoms with van der Waals surface area (Å²) in [6, 6.07) is 8.25. The van der Waals surface area contributed by atoms with E-state index in [1.54, 1.807) is 0 Å². The van der Waals surface area contributed by atoms with Crippen LogP contribution in [0.15, 0.2) is 30.3 Å². The molecule has 0 radical (unpaired) electrons. The molecule has 1 aromatic rings. The van der Waals surface area contributed by atoms with E-state index < -0.39 is 0 Å². The van der Waals surface area contributed by atoms with Crippen LogP contribution in [0.4, 0.5) is 5.69 Å². The lowest BCUT2D eigenvalue weighted by molar-refractivity contribution is -0.126. The van der Waals surface area contributed by atoms with E-state index >= 15 is 0 Å². The topological polar surface area (TPSA) is 41.1 Å². The number of hydrogen-bond donors (Lipinski definition) is 2. The Morgan fingerprint density at radius 1 is 1.25 bits per heavy atom. The van der Waals surface area contributed by atoms with Crippen LogP contribution in [0.25, 0.3) is 6.08 Å². The minimum Gasteiger partial charge on any atom is -0.324 e. The first-order chi connectivity index (χ1) is 9.55. The second kappa shape index (κ2) is 6.23. The van der Waals surface area contributed by atoms with Crippen LogP contribution in [0.2, 0.25) is 0 Å². The van der Waals surface area contributed by atoms with Crippen LogP contribution in [0.1, 0.15) is 45.6 Å². The van der Waals surface area contributed by atoms with Gasteiger partial charge in [0.1, 0.15) is 0 Å². The van der Waals surface area contributed by atoms with Gasteiger partial charge in [0.15, 0.2) is 0 Å². The van der Waals surface area contributed by atoms with Gasteiger partial charge in [-0.1, -0.05) is 24.3 Å². The van der Waals surface area contributed by atoms with Gasteiger partial charge in [-0.05, 0) is 57.7 Å². The molecule has 1 amide bonds. The van der Waals surface area contributed by atoms with E-state index in [0.29, 0.717) is 6.04 Å². The standard InChI is InChI=1S/C17H24N2O/c1-4-6-14-7-9-15(10-8-14)18-16(20)17(11-5-12-17)19-13(2)3/h4,6-10,13,19H,5,11-12H2,1-3H3,(H,18,20)/b6-4+. The molecule has 0 heterocycles. The SMILES string of the molecule is C/C=C/c1ccc(NC(=O)C2(NC(C)C)CCC2)cc1. The van der Waals surface area contributed by atoms with E-state index in [4.69, 9.17) is 0 Å². The Bertz CT molecular complexity index is 484. The van der Waals surface area contributed by atoms with Crippen molar-refractivity contribution in [1.29, 1.82) is 0 Å². The van der Waals surface area contributed by atoms with Crippen molar-refractivity contribution in [2.24, 2.45) is 0 Å². The summed E-state index contributed by atoms with van der Waals surface area (Å²) >= 11 is 0. The maximum absolute atomic E-state index is 12.5. The predicted octanol–water partition coefficient (Wildman–Crippen LogP) is 3.58. The zero-order valence-corrected chi connectivity index (χ0v) is 12.6. The predicted molar refractivity (Wildman–Crippen MR) is 84.6 cm³/mol. The van der Waals surface area contributed by atoms with E-state index in [9.17, 15) is 4.79 Å². The molecule has 1 aliphatic rings. The first kappa shape index (κ1) is 14.8. The number of hydrogen-bond acceptors (Lipinski definition) is 2. The van der Waals surface area contributed by atoms with Crippen LogP contribution < -0.4 is 10.6 Å². The van der Waals surface area contributed by atoms with E-state index in [1.807, 2.05) is 43.3 Å². The molecule has 3 heteroatoms. The Balaban J connectivity index is 2.03. The lowest BCUT2D eigenvalue weighted by atomic mass is 9.75. The molecule has 2 rings (SSSR count). The number of rotatable bonds is 5. The smallest absolute Gasteiger partial charge is 0.244 e. The van der Waals surface area contributed by atoms with E-state index in [0.717, 1.165) is 30.5 Å². The fourth-order valence-corrected chi connectivity index (χ4v) is 2.64. The fourth-order valence-electron chi connectivity index (χ4n) is 2.64. The Morgan fingerprint density at radius 2 is 1.90 bits per heavy atom. The van der Waals surface area contributed by atoms with Crippen LogP contribution in [0.5, 0.6) is 0 Å². The lowest BCUT2D eigenvalue weighted by Gasteiger charge is -2.42. The van der Waals surface area contributed by atoms with Crippen LogP contribution in [-0.4, -0.2) is 17.5 Å². The van der Waals surface area contributed by atoms with Gasteiger partial charge in [0.2, 0.25) is 5.91 Å². The molecule has 1 saturated carbocycles. The summed E-state index contributed by atoms with van der Waals surface area (Å²) in [6.45, 7) is 6.16. The van der Waals surface area contributed by atoms with Crippen LogP contribution >= 0.6 is 0 Å². The third-order valence-electron chi connectivity index (χ3n) is 3.73. The third-order valence-corrected chi connectivity index (χ3v) is 3.73. The molecule has 0 spiro atoms. The van der Waals surface area contributed by atoms with E-state index in [1.165, 1.54) is 0 Å². The number of allylic oxidation sites excluding steroid dienone is 1. The summed E-state index contributed by atoms with van der Waals surface area (Å²) in [4.78, 5) is 12.5. The highest BCUT2D eigenvalue weighted by atomic mass is 16.2. The molecule has 0 bridgehead atoms. The fraction of sp³-hybridized carbons (Fsp3) is 0.471. The molecule has 1 aliphatic carbocycles. The monoisotopic (exact) mass is 272 g/mol. The molecule has 0 aliphatic heterocycles. The first-order valence-corrected chi connectivity index (χ1v) is 7.38. The third kappa shape index (κ3) is 3.28. The highest BCUT2D eigenvalue weighted by Gasteiger charge is 2.44. The molecule has 1 aromatic carbocycles. The molecule has 0 atom stereocenters. The van der Waals surface area contributed by atoms with Crippen molar-refractivity contribution in [2.75, 3.05) is 5.32 Å². The number of amides is 1. The van der Waals surface area contributed by atoms with Gasteiger partial charge < -0.3 is 10.6 Å². The summed E-state index contributed by atoms with van der Waals surface area (Å²) in [5.74, 6) is 0.0937. The van der Waals surface area contributed by atoms with Gasteiger partial charge in [0.25, 0.3) is 0 Å². The van der Waals surface area contributed by atoms with E-state index in [-0.39, 0.29) is 11.4 Å². The molecule has 3 nitrogen and oxygen atoms in total. The molecule has 20 heavy (non-hydrogen) atoms. The minimum absolute atomic E-state index is 0.0937. The number of anilines is 1. The Labute approximate surface area is 121 Å². The number of benzene rings is 1. The zero-order valence-electron chi connectivity index (χ0n) is 12.6. The van der Waals surface area contributed by atoms with Crippen molar-refractivity contribution in [3.8, 4) is 0 Å². The summed E-state index contributed by atoms with van der Waals surface area (Å²) in [5, 5.41) is 6.46. The largest absolute Gasteiger partial charge is 0.324 e. The lowest BCUT2D eigenvalue weighted by Crippen LogP contribution is -2.61. The van der Waals surface area contributed by atoms with Crippen molar-refractivity contribution in [2.45, 2.75) is 51.6 Å². The Morgan fingerprint density at radius 3 is 2.35 bits per heavy atom. The zero-order chi connectivity index (χ0) is 14.6. The maximum atomic E-state index is 12.5. The van der Waals surface area contributed by atoms with Gasteiger partial charge in [-0.3, -0.25) is 4.79 Å². The summed E-state index contributed by atoms with van der Waals surface area (Å²) in [7, 11) is 0. The maximum Gasteiger partial charge on any atom is 0.244 e. The molecule has 108 valence electrons. The highest BCUT2D eigenvalue weighted by molar-refractivity contribution is 5.98. The normalized spacial score (nSPS) is 17.2. The van der Waals surface area contributed by atoms with Crippen LogP contribution in [0, 0.1) is 0 Å². The highest BCUT2D eigenvalue weighted by Crippen LogP contribution is 2.33. The minimum atomic E-state index is -0.365. The quantitative estimate of drug-likeness (QED) is 0.860. The molecule has 0 aromatic heterocycles. The Kier molecular flexibility index (Phi) is 4.61. The van der Waals surface area contributed by atoms with Gasteiger partial charge in [-0.15, -0.1) is 0 Å². The summed E-state index contributed by atoms with van der Waals surface area (Å²) in [6.07, 6.45) is 7.01. The van der Waals surface area contributed by atoms with Gasteiger partial charge >= 0.3 is 0 Å². The summed E-state index contributed by atoms with van der Waals surface area (Å²) < 4.78 is 0. The van der Waals surface area contributed by atoms with Gasteiger partial charge in [0.05, 0.1) is 5.54 Å². The molecule has 1 fully saturated rings. The number of carbonyl (C=O) groups is 1. The van der Waals surface area contributed by atoms with Gasteiger partial charge in [-0.2, -0.15) is 0 Å². The Hall–Kier alpha value is -1.61. The average molecular weight is 272 g/mol. The van der Waals surface area contributed by atoms with Crippen molar-refractivity contribution < 1.29 is 4.79 Å².